The molecule has 0 heterocycles. The molecule has 0 spiro atoms. The molecule has 3 amide bonds. The van der Waals surface area contributed by atoms with E-state index in [1.165, 1.54) is 38.5 Å². The molecule has 4 saturated carbocycles. The van der Waals surface area contributed by atoms with Crippen molar-refractivity contribution in [2.45, 2.75) is 57.4 Å². The lowest BCUT2D eigenvalue weighted by Gasteiger charge is -2.57. The molecule has 1 aromatic rings. The van der Waals surface area contributed by atoms with Gasteiger partial charge in [0.2, 0.25) is 5.91 Å². The van der Waals surface area contributed by atoms with E-state index in [-0.39, 0.29) is 18.0 Å². The number of benzene rings is 1. The standard InChI is InChI=1S/C22H32N4O2/c1-2-7-23-21(28)25-20(27)14-24-18-5-3-4-6-19(18)26-22-11-15-8-16(12-22)10-17(9-15)13-22/h3-6,15-17,24,26H,2,7-14H2,1H3,(H2,23,25,27,28). The molecule has 0 saturated heterocycles. The number of hydrogen-bond acceptors (Lipinski definition) is 4. The molecule has 4 N–H and O–H groups in total. The van der Waals surface area contributed by atoms with Crippen molar-refractivity contribution < 1.29 is 9.59 Å². The summed E-state index contributed by atoms with van der Waals surface area (Å²) in [6, 6.07) is 7.65. The first-order valence-corrected chi connectivity index (χ1v) is 10.7. The minimum absolute atomic E-state index is 0.0686. The van der Waals surface area contributed by atoms with Crippen LogP contribution in [0.1, 0.15) is 51.9 Å². The van der Waals surface area contributed by atoms with E-state index in [0.29, 0.717) is 6.54 Å². The van der Waals surface area contributed by atoms with Crippen LogP contribution in [0, 0.1) is 17.8 Å². The molecule has 0 aromatic heterocycles. The molecule has 28 heavy (non-hydrogen) atoms. The van der Waals surface area contributed by atoms with Gasteiger partial charge in [0.25, 0.3) is 0 Å². The third kappa shape index (κ3) is 4.26. The fourth-order valence-corrected chi connectivity index (χ4v) is 5.92. The van der Waals surface area contributed by atoms with Gasteiger partial charge in [-0.15, -0.1) is 0 Å². The molecule has 0 radical (unpaired) electrons. The van der Waals surface area contributed by atoms with Crippen LogP contribution in [0.3, 0.4) is 0 Å². The van der Waals surface area contributed by atoms with Crippen LogP contribution in [-0.4, -0.2) is 30.6 Å². The zero-order valence-corrected chi connectivity index (χ0v) is 16.7. The molecule has 1 aromatic carbocycles. The Morgan fingerprint density at radius 1 is 1.00 bits per heavy atom. The summed E-state index contributed by atoms with van der Waals surface area (Å²) in [5.74, 6) is 2.31. The highest BCUT2D eigenvalue weighted by Gasteiger charge is 2.51. The second kappa shape index (κ2) is 8.02. The first-order chi connectivity index (χ1) is 13.5. The Hall–Kier alpha value is -2.24. The summed E-state index contributed by atoms with van der Waals surface area (Å²) in [6.45, 7) is 2.60. The van der Waals surface area contributed by atoms with Crippen LogP contribution in [-0.2, 0) is 4.79 Å². The van der Waals surface area contributed by atoms with Crippen LogP contribution in [0.2, 0.25) is 0 Å². The molecular formula is C22H32N4O2. The van der Waals surface area contributed by atoms with Gasteiger partial charge in [0, 0.05) is 12.1 Å². The molecule has 4 fully saturated rings. The third-order valence-corrected chi connectivity index (χ3v) is 6.59. The van der Waals surface area contributed by atoms with E-state index in [1.807, 2.05) is 25.1 Å². The number of anilines is 2. The number of amides is 3. The SMILES string of the molecule is CCCNC(=O)NC(=O)CNc1ccccc1NC12CC3CC(CC(C3)C1)C2. The smallest absolute Gasteiger partial charge is 0.321 e. The average molecular weight is 385 g/mol. The highest BCUT2D eigenvalue weighted by Crippen LogP contribution is 2.56. The van der Waals surface area contributed by atoms with Gasteiger partial charge in [-0.05, 0) is 74.8 Å². The third-order valence-electron chi connectivity index (χ3n) is 6.59. The molecule has 4 aliphatic rings. The minimum atomic E-state index is -0.436. The molecule has 4 aliphatic carbocycles. The van der Waals surface area contributed by atoms with Crippen LogP contribution in [0.5, 0.6) is 0 Å². The number of nitrogens with one attached hydrogen (secondary N) is 4. The van der Waals surface area contributed by atoms with Crippen molar-refractivity contribution in [3.05, 3.63) is 24.3 Å². The van der Waals surface area contributed by atoms with E-state index in [9.17, 15) is 9.59 Å². The maximum absolute atomic E-state index is 12.1. The number of urea groups is 1. The van der Waals surface area contributed by atoms with Crippen molar-refractivity contribution in [2.75, 3.05) is 23.7 Å². The number of para-hydroxylation sites is 2. The van der Waals surface area contributed by atoms with Crippen LogP contribution >= 0.6 is 0 Å². The van der Waals surface area contributed by atoms with Crippen LogP contribution in [0.4, 0.5) is 16.2 Å². The van der Waals surface area contributed by atoms with E-state index in [2.05, 4.69) is 27.3 Å². The van der Waals surface area contributed by atoms with Gasteiger partial charge in [0.15, 0.2) is 0 Å². The summed E-state index contributed by atoms with van der Waals surface area (Å²) in [7, 11) is 0. The van der Waals surface area contributed by atoms with Crippen molar-refractivity contribution >= 4 is 23.3 Å². The van der Waals surface area contributed by atoms with Crippen molar-refractivity contribution in [2.24, 2.45) is 17.8 Å². The van der Waals surface area contributed by atoms with Gasteiger partial charge in [-0.2, -0.15) is 0 Å². The molecule has 0 aliphatic heterocycles. The zero-order valence-electron chi connectivity index (χ0n) is 16.7. The van der Waals surface area contributed by atoms with Gasteiger partial charge in [-0.1, -0.05) is 19.1 Å². The van der Waals surface area contributed by atoms with Gasteiger partial charge in [0.1, 0.15) is 0 Å². The molecule has 4 bridgehead atoms. The summed E-state index contributed by atoms with van der Waals surface area (Å²) in [6.07, 6.45) is 8.90. The highest BCUT2D eigenvalue weighted by molar-refractivity contribution is 5.96. The summed E-state index contributed by atoms with van der Waals surface area (Å²) >= 11 is 0. The maximum Gasteiger partial charge on any atom is 0.321 e. The Morgan fingerprint density at radius 3 is 2.21 bits per heavy atom. The predicted octanol–water partition coefficient (Wildman–Crippen LogP) is 3.72. The normalized spacial score (nSPS) is 30.0. The summed E-state index contributed by atoms with van der Waals surface area (Å²) < 4.78 is 0. The number of rotatable bonds is 7. The molecule has 6 heteroatoms. The van der Waals surface area contributed by atoms with Gasteiger partial charge in [-0.25, -0.2) is 4.79 Å². The summed E-state index contributed by atoms with van der Waals surface area (Å²) in [5, 5.41) is 12.1. The molecular weight excluding hydrogens is 352 g/mol. The average Bonchev–Trinajstić information content (AvgIpc) is 2.64. The minimum Gasteiger partial charge on any atom is -0.378 e. The van der Waals surface area contributed by atoms with E-state index in [0.717, 1.165) is 35.5 Å². The van der Waals surface area contributed by atoms with E-state index < -0.39 is 6.03 Å². The van der Waals surface area contributed by atoms with Crippen LogP contribution in [0.15, 0.2) is 24.3 Å². The molecule has 5 rings (SSSR count). The Balaban J connectivity index is 1.36. The van der Waals surface area contributed by atoms with Crippen LogP contribution in [0.25, 0.3) is 0 Å². The summed E-state index contributed by atoms with van der Waals surface area (Å²) in [5.41, 5.74) is 2.20. The highest BCUT2D eigenvalue weighted by atomic mass is 16.2. The molecule has 0 atom stereocenters. The first kappa shape index (κ1) is 19.1. The Labute approximate surface area is 167 Å². The fraction of sp³-hybridized carbons (Fsp3) is 0.636. The van der Waals surface area contributed by atoms with E-state index in [1.54, 1.807) is 0 Å². The van der Waals surface area contributed by atoms with E-state index in [4.69, 9.17) is 0 Å². The van der Waals surface area contributed by atoms with Gasteiger partial charge in [0.05, 0.1) is 17.9 Å². The Bertz CT molecular complexity index is 698. The fourth-order valence-electron chi connectivity index (χ4n) is 5.92. The second-order valence-corrected chi connectivity index (χ2v) is 9.03. The zero-order chi connectivity index (χ0) is 19.6. The van der Waals surface area contributed by atoms with Crippen molar-refractivity contribution in [3.8, 4) is 0 Å². The van der Waals surface area contributed by atoms with Crippen molar-refractivity contribution in [3.63, 3.8) is 0 Å². The monoisotopic (exact) mass is 384 g/mol. The largest absolute Gasteiger partial charge is 0.378 e. The molecule has 6 nitrogen and oxygen atoms in total. The second-order valence-electron chi connectivity index (χ2n) is 9.03. The predicted molar refractivity (Wildman–Crippen MR) is 111 cm³/mol. The number of hydrogen-bond donors (Lipinski definition) is 4. The Kier molecular flexibility index (Phi) is 5.47. The number of imide groups is 1. The molecule has 0 unspecified atom stereocenters. The number of carbonyl (C=O) groups is 2. The van der Waals surface area contributed by atoms with E-state index >= 15 is 0 Å². The van der Waals surface area contributed by atoms with Gasteiger partial charge in [-0.3, -0.25) is 10.1 Å². The van der Waals surface area contributed by atoms with Crippen molar-refractivity contribution in [1.29, 1.82) is 0 Å². The van der Waals surface area contributed by atoms with Crippen LogP contribution < -0.4 is 21.3 Å². The summed E-state index contributed by atoms with van der Waals surface area (Å²) in [4.78, 5) is 23.7. The topological polar surface area (TPSA) is 82.3 Å². The lowest BCUT2D eigenvalue weighted by Crippen LogP contribution is -2.54. The van der Waals surface area contributed by atoms with Gasteiger partial charge >= 0.3 is 6.03 Å². The lowest BCUT2D eigenvalue weighted by atomic mass is 9.53. The maximum atomic E-state index is 12.1. The number of carbonyl (C=O) groups excluding carboxylic acids is 2. The molecule has 152 valence electrons. The first-order valence-electron chi connectivity index (χ1n) is 10.7. The Morgan fingerprint density at radius 2 is 1.61 bits per heavy atom. The van der Waals surface area contributed by atoms with Gasteiger partial charge < -0.3 is 16.0 Å². The quantitative estimate of drug-likeness (QED) is 0.577. The lowest BCUT2D eigenvalue weighted by molar-refractivity contribution is -0.118. The van der Waals surface area contributed by atoms with Crippen molar-refractivity contribution in [1.82, 2.24) is 10.6 Å².